The number of halogens is 3. The molecule has 1 heterocycles. The summed E-state index contributed by atoms with van der Waals surface area (Å²) in [6.45, 7) is 0.0760. The quantitative estimate of drug-likeness (QED) is 0.792. The van der Waals surface area contributed by atoms with Crippen LogP contribution in [0.2, 0.25) is 0 Å². The lowest BCUT2D eigenvalue weighted by Gasteiger charge is -2.39. The monoisotopic (exact) mass is 376 g/mol. The minimum atomic E-state index is -4.68. The van der Waals surface area contributed by atoms with Crippen LogP contribution in [0, 0.1) is 5.92 Å². The SMILES string of the molecule is CN(CC1CCCC(O)(C(F)(F)F)C1)C(=O)c1c(N(C)C=O)ncn1C. The lowest BCUT2D eigenvalue weighted by atomic mass is 9.77. The second kappa shape index (κ2) is 7.26. The van der Waals surface area contributed by atoms with E-state index in [2.05, 4.69) is 4.98 Å². The van der Waals surface area contributed by atoms with E-state index >= 15 is 0 Å². The van der Waals surface area contributed by atoms with Crippen LogP contribution in [0.3, 0.4) is 0 Å². The number of aliphatic hydroxyl groups is 1. The molecule has 1 aromatic rings. The van der Waals surface area contributed by atoms with Crippen molar-refractivity contribution < 1.29 is 27.9 Å². The highest BCUT2D eigenvalue weighted by atomic mass is 19.4. The maximum absolute atomic E-state index is 13.1. The summed E-state index contributed by atoms with van der Waals surface area (Å²) >= 11 is 0. The molecule has 2 amide bonds. The van der Waals surface area contributed by atoms with Crippen LogP contribution in [0.25, 0.3) is 0 Å². The Morgan fingerprint density at radius 2 is 2.15 bits per heavy atom. The minimum Gasteiger partial charge on any atom is -0.380 e. The van der Waals surface area contributed by atoms with Crippen LogP contribution in [0.5, 0.6) is 0 Å². The number of imidazole rings is 1. The first-order chi connectivity index (χ1) is 12.0. The molecule has 10 heteroatoms. The van der Waals surface area contributed by atoms with Crippen molar-refractivity contribution in [2.45, 2.75) is 37.5 Å². The summed E-state index contributed by atoms with van der Waals surface area (Å²) in [6, 6.07) is 0. The molecular weight excluding hydrogens is 353 g/mol. The van der Waals surface area contributed by atoms with E-state index in [1.165, 1.54) is 29.9 Å². The Bertz CT molecular complexity index is 676. The molecule has 0 bridgehead atoms. The number of carbonyl (C=O) groups excluding carboxylic acids is 2. The molecule has 26 heavy (non-hydrogen) atoms. The number of amides is 2. The fourth-order valence-corrected chi connectivity index (χ4v) is 3.40. The molecule has 0 spiro atoms. The van der Waals surface area contributed by atoms with Crippen molar-refractivity contribution in [3.63, 3.8) is 0 Å². The van der Waals surface area contributed by atoms with E-state index in [1.54, 1.807) is 7.05 Å². The number of carbonyl (C=O) groups is 2. The van der Waals surface area contributed by atoms with Crippen molar-refractivity contribution >= 4 is 18.1 Å². The molecule has 7 nitrogen and oxygen atoms in total. The Morgan fingerprint density at radius 1 is 1.50 bits per heavy atom. The van der Waals surface area contributed by atoms with E-state index in [0.29, 0.717) is 12.8 Å². The van der Waals surface area contributed by atoms with Crippen molar-refractivity contribution in [3.8, 4) is 0 Å². The van der Waals surface area contributed by atoms with Crippen LogP contribution >= 0.6 is 0 Å². The Balaban J connectivity index is 2.13. The predicted molar refractivity (Wildman–Crippen MR) is 87.6 cm³/mol. The topological polar surface area (TPSA) is 78.7 Å². The Labute approximate surface area is 149 Å². The number of aromatic nitrogens is 2. The molecule has 1 aliphatic carbocycles. The van der Waals surface area contributed by atoms with E-state index in [4.69, 9.17) is 0 Å². The van der Waals surface area contributed by atoms with E-state index in [9.17, 15) is 27.9 Å². The summed E-state index contributed by atoms with van der Waals surface area (Å²) in [5, 5.41) is 9.92. The molecule has 1 aromatic heterocycles. The van der Waals surface area contributed by atoms with Gasteiger partial charge in [-0.1, -0.05) is 0 Å². The van der Waals surface area contributed by atoms with Gasteiger partial charge in [0.05, 0.1) is 6.33 Å². The summed E-state index contributed by atoms with van der Waals surface area (Å²) in [5.74, 6) is -0.741. The molecule has 1 N–H and O–H groups in total. The molecule has 1 aliphatic rings. The zero-order valence-corrected chi connectivity index (χ0v) is 15.0. The number of rotatable bonds is 5. The van der Waals surface area contributed by atoms with Crippen LogP contribution in [-0.4, -0.2) is 64.3 Å². The molecule has 0 aromatic carbocycles. The van der Waals surface area contributed by atoms with E-state index in [0.717, 1.165) is 4.90 Å². The summed E-state index contributed by atoms with van der Waals surface area (Å²) in [7, 11) is 4.54. The van der Waals surface area contributed by atoms with Crippen molar-refractivity contribution in [2.24, 2.45) is 13.0 Å². The molecule has 1 fully saturated rings. The van der Waals surface area contributed by atoms with Crippen molar-refractivity contribution in [2.75, 3.05) is 25.5 Å². The fraction of sp³-hybridized carbons (Fsp3) is 0.688. The van der Waals surface area contributed by atoms with Gasteiger partial charge in [0.2, 0.25) is 6.41 Å². The number of nitrogens with zero attached hydrogens (tertiary/aromatic N) is 4. The van der Waals surface area contributed by atoms with Gasteiger partial charge in [0.1, 0.15) is 0 Å². The highest BCUT2D eigenvalue weighted by Gasteiger charge is 2.55. The number of hydrogen-bond acceptors (Lipinski definition) is 4. The summed E-state index contributed by atoms with van der Waals surface area (Å²) in [4.78, 5) is 30.2. The third-order valence-corrected chi connectivity index (χ3v) is 4.85. The highest BCUT2D eigenvalue weighted by molar-refractivity contribution is 5.99. The first kappa shape index (κ1) is 20.2. The summed E-state index contributed by atoms with van der Waals surface area (Å²) in [6.07, 6.45) is -2.78. The molecular formula is C16H23F3N4O3. The van der Waals surface area contributed by atoms with E-state index in [-0.39, 0.29) is 30.9 Å². The molecule has 146 valence electrons. The molecule has 2 unspecified atom stereocenters. The molecule has 0 saturated heterocycles. The van der Waals surface area contributed by atoms with Crippen LogP contribution < -0.4 is 4.90 Å². The Morgan fingerprint density at radius 3 is 2.73 bits per heavy atom. The standard InChI is InChI=1S/C16H23F3N4O3/c1-21(8-11-5-4-6-15(26,7-11)16(17,18)19)14(25)12-13(23(3)10-24)20-9-22(12)2/h9-11,26H,4-8H2,1-3H3. The van der Waals surface area contributed by atoms with Crippen LogP contribution in [0.1, 0.15) is 36.2 Å². The molecule has 1 saturated carbocycles. The number of hydrogen-bond donors (Lipinski definition) is 1. The lowest BCUT2D eigenvalue weighted by molar-refractivity contribution is -0.274. The van der Waals surface area contributed by atoms with Gasteiger partial charge in [0.25, 0.3) is 5.91 Å². The fourth-order valence-electron chi connectivity index (χ4n) is 3.40. The zero-order chi connectivity index (χ0) is 19.7. The van der Waals surface area contributed by atoms with Gasteiger partial charge in [0.15, 0.2) is 17.1 Å². The molecule has 0 radical (unpaired) electrons. The average Bonchev–Trinajstić information content (AvgIpc) is 2.94. The molecule has 2 atom stereocenters. The maximum Gasteiger partial charge on any atom is 0.417 e. The third-order valence-electron chi connectivity index (χ3n) is 4.85. The second-order valence-corrected chi connectivity index (χ2v) is 6.92. The van der Waals surface area contributed by atoms with E-state index < -0.39 is 30.0 Å². The van der Waals surface area contributed by atoms with Gasteiger partial charge in [-0.05, 0) is 31.6 Å². The first-order valence-electron chi connectivity index (χ1n) is 8.24. The van der Waals surface area contributed by atoms with Crippen LogP contribution in [0.4, 0.5) is 19.0 Å². The van der Waals surface area contributed by atoms with Gasteiger partial charge < -0.3 is 19.5 Å². The minimum absolute atomic E-state index is 0.0760. The van der Waals surface area contributed by atoms with Gasteiger partial charge in [-0.3, -0.25) is 9.59 Å². The Hall–Kier alpha value is -2.10. The van der Waals surface area contributed by atoms with Crippen molar-refractivity contribution in [1.29, 1.82) is 0 Å². The van der Waals surface area contributed by atoms with Crippen LogP contribution in [-0.2, 0) is 11.8 Å². The largest absolute Gasteiger partial charge is 0.417 e. The highest BCUT2D eigenvalue weighted by Crippen LogP contribution is 2.43. The molecule has 0 aliphatic heterocycles. The van der Waals surface area contributed by atoms with Gasteiger partial charge in [-0.25, -0.2) is 4.98 Å². The number of anilines is 1. The first-order valence-corrected chi connectivity index (χ1v) is 8.24. The third kappa shape index (κ3) is 3.84. The smallest absolute Gasteiger partial charge is 0.380 e. The van der Waals surface area contributed by atoms with E-state index in [1.807, 2.05) is 0 Å². The normalized spacial score (nSPS) is 23.6. The Kier molecular flexibility index (Phi) is 5.64. The summed E-state index contributed by atoms with van der Waals surface area (Å²) < 4.78 is 40.7. The maximum atomic E-state index is 13.1. The number of alkyl halides is 3. The molecule has 2 rings (SSSR count). The van der Waals surface area contributed by atoms with Gasteiger partial charge in [-0.2, -0.15) is 13.2 Å². The van der Waals surface area contributed by atoms with Crippen molar-refractivity contribution in [3.05, 3.63) is 12.0 Å². The summed E-state index contributed by atoms with van der Waals surface area (Å²) in [5.41, 5.74) is -2.53. The lowest BCUT2D eigenvalue weighted by Crippen LogP contribution is -2.50. The van der Waals surface area contributed by atoms with Gasteiger partial charge in [0, 0.05) is 27.7 Å². The zero-order valence-electron chi connectivity index (χ0n) is 15.0. The van der Waals surface area contributed by atoms with Gasteiger partial charge in [-0.15, -0.1) is 0 Å². The average molecular weight is 376 g/mol. The van der Waals surface area contributed by atoms with Crippen molar-refractivity contribution in [1.82, 2.24) is 14.5 Å². The van der Waals surface area contributed by atoms with Gasteiger partial charge >= 0.3 is 6.18 Å². The van der Waals surface area contributed by atoms with Crippen LogP contribution in [0.15, 0.2) is 6.33 Å². The predicted octanol–water partition coefficient (Wildman–Crippen LogP) is 1.57. The number of aryl methyl sites for hydroxylation is 1. The second-order valence-electron chi connectivity index (χ2n) is 6.92.